The van der Waals surface area contributed by atoms with E-state index in [0.29, 0.717) is 0 Å². The highest BCUT2D eigenvalue weighted by Crippen LogP contribution is 1.79. The Balaban J connectivity index is 2.86. The lowest BCUT2D eigenvalue weighted by atomic mass is 10.4. The van der Waals surface area contributed by atoms with Crippen LogP contribution in [-0.2, 0) is 0 Å². The lowest BCUT2D eigenvalue weighted by molar-refractivity contribution is 0.629. The SMILES string of the molecule is CCC([SiH3])NCCN. The van der Waals surface area contributed by atoms with Crippen LogP contribution in [0.25, 0.3) is 0 Å². The molecule has 3 N–H and O–H groups in total. The lowest BCUT2D eigenvalue weighted by Crippen LogP contribution is -2.32. The summed E-state index contributed by atoms with van der Waals surface area (Å²) >= 11 is 0. The van der Waals surface area contributed by atoms with E-state index in [2.05, 4.69) is 12.2 Å². The third-order valence-electron chi connectivity index (χ3n) is 1.25. The zero-order valence-electron chi connectivity index (χ0n) is 5.78. The summed E-state index contributed by atoms with van der Waals surface area (Å²) in [6.07, 6.45) is 1.24. The molecule has 0 rings (SSSR count). The first-order valence-corrected chi connectivity index (χ1v) is 4.40. The second kappa shape index (κ2) is 5.28. The highest BCUT2D eigenvalue weighted by Gasteiger charge is 1.92. The minimum atomic E-state index is 0.763. The molecular formula is C5H16N2Si. The molecule has 50 valence electrons. The third-order valence-corrected chi connectivity index (χ3v) is 2.47. The van der Waals surface area contributed by atoms with Crippen LogP contribution in [0, 0.1) is 0 Å². The highest BCUT2D eigenvalue weighted by molar-refractivity contribution is 6.11. The van der Waals surface area contributed by atoms with Crippen LogP contribution in [-0.4, -0.2) is 29.0 Å². The zero-order valence-corrected chi connectivity index (χ0v) is 7.78. The third kappa shape index (κ3) is 4.30. The summed E-state index contributed by atoms with van der Waals surface area (Å²) < 4.78 is 0. The summed E-state index contributed by atoms with van der Waals surface area (Å²) in [5.41, 5.74) is 6.05. The van der Waals surface area contributed by atoms with Crippen molar-refractivity contribution in [2.45, 2.75) is 19.0 Å². The molecule has 8 heavy (non-hydrogen) atoms. The van der Waals surface area contributed by atoms with E-state index in [0.717, 1.165) is 18.8 Å². The van der Waals surface area contributed by atoms with Gasteiger partial charge < -0.3 is 11.1 Å². The molecule has 0 aliphatic heterocycles. The van der Waals surface area contributed by atoms with Crippen LogP contribution in [0.1, 0.15) is 13.3 Å². The van der Waals surface area contributed by atoms with Crippen LogP contribution in [0.4, 0.5) is 0 Å². The number of hydrogen-bond donors (Lipinski definition) is 2. The molecule has 1 unspecified atom stereocenters. The molecule has 0 saturated heterocycles. The standard InChI is InChI=1S/C5H16N2Si/c1-2-5(8)7-4-3-6/h5,7H,2-4,6H2,1,8H3. The van der Waals surface area contributed by atoms with Crippen molar-refractivity contribution in [3.63, 3.8) is 0 Å². The Hall–Kier alpha value is 0.137. The van der Waals surface area contributed by atoms with E-state index in [1.54, 1.807) is 0 Å². The summed E-state index contributed by atoms with van der Waals surface area (Å²) in [6, 6.07) is 0. The van der Waals surface area contributed by atoms with Gasteiger partial charge in [0.2, 0.25) is 0 Å². The predicted octanol–water partition coefficient (Wildman–Crippen LogP) is -1.36. The monoisotopic (exact) mass is 132 g/mol. The topological polar surface area (TPSA) is 38.0 Å². The molecule has 0 saturated carbocycles. The van der Waals surface area contributed by atoms with Crippen LogP contribution in [0.15, 0.2) is 0 Å². The van der Waals surface area contributed by atoms with Crippen LogP contribution in [0.2, 0.25) is 0 Å². The van der Waals surface area contributed by atoms with Crippen LogP contribution in [0.5, 0.6) is 0 Å². The van der Waals surface area contributed by atoms with Gasteiger partial charge >= 0.3 is 0 Å². The van der Waals surface area contributed by atoms with E-state index in [9.17, 15) is 0 Å². The molecule has 0 aromatic heterocycles. The van der Waals surface area contributed by atoms with Gasteiger partial charge in [0.1, 0.15) is 0 Å². The van der Waals surface area contributed by atoms with Crippen molar-refractivity contribution in [2.24, 2.45) is 5.73 Å². The van der Waals surface area contributed by atoms with Gasteiger partial charge in [0.05, 0.1) is 0 Å². The van der Waals surface area contributed by atoms with Gasteiger partial charge in [-0.05, 0) is 12.1 Å². The lowest BCUT2D eigenvalue weighted by Gasteiger charge is -2.08. The molecule has 0 aromatic carbocycles. The molecule has 0 fully saturated rings. The average Bonchev–Trinajstić information content (AvgIpc) is 1.83. The first-order chi connectivity index (χ1) is 3.81. The van der Waals surface area contributed by atoms with Gasteiger partial charge in [0.25, 0.3) is 0 Å². The van der Waals surface area contributed by atoms with Crippen molar-refractivity contribution in [3.05, 3.63) is 0 Å². The van der Waals surface area contributed by atoms with Crippen LogP contribution in [0.3, 0.4) is 0 Å². The van der Waals surface area contributed by atoms with Crippen molar-refractivity contribution < 1.29 is 0 Å². The smallest absolute Gasteiger partial charge is 0.0241 e. The number of nitrogens with one attached hydrogen (secondary N) is 1. The van der Waals surface area contributed by atoms with Crippen molar-refractivity contribution in [3.8, 4) is 0 Å². The summed E-state index contributed by atoms with van der Waals surface area (Å²) in [4.78, 5) is 0. The van der Waals surface area contributed by atoms with Gasteiger partial charge in [-0.2, -0.15) is 0 Å². The van der Waals surface area contributed by atoms with Gasteiger partial charge in [0, 0.05) is 23.3 Å². The Kier molecular flexibility index (Phi) is 5.37. The summed E-state index contributed by atoms with van der Waals surface area (Å²) in [6.45, 7) is 3.93. The Morgan fingerprint density at radius 3 is 2.75 bits per heavy atom. The number of nitrogens with two attached hydrogens (primary N) is 1. The quantitative estimate of drug-likeness (QED) is 0.464. The van der Waals surface area contributed by atoms with Gasteiger partial charge in [-0.1, -0.05) is 6.92 Å². The first-order valence-electron chi connectivity index (χ1n) is 3.24. The van der Waals surface area contributed by atoms with E-state index in [4.69, 9.17) is 5.73 Å². The fraction of sp³-hybridized carbons (Fsp3) is 1.00. The molecule has 0 bridgehead atoms. The molecule has 0 spiro atoms. The molecule has 0 aliphatic carbocycles. The maximum Gasteiger partial charge on any atom is 0.0241 e. The Morgan fingerprint density at radius 1 is 1.75 bits per heavy atom. The van der Waals surface area contributed by atoms with Crippen molar-refractivity contribution in [1.29, 1.82) is 0 Å². The highest BCUT2D eigenvalue weighted by atomic mass is 28.1. The Labute approximate surface area is 54.3 Å². The van der Waals surface area contributed by atoms with Crippen molar-refractivity contribution >= 4 is 10.2 Å². The van der Waals surface area contributed by atoms with E-state index in [-0.39, 0.29) is 0 Å². The largest absolute Gasteiger partial charge is 0.329 e. The van der Waals surface area contributed by atoms with Crippen LogP contribution >= 0.6 is 0 Å². The van der Waals surface area contributed by atoms with E-state index < -0.39 is 0 Å². The van der Waals surface area contributed by atoms with Gasteiger partial charge in [-0.25, -0.2) is 0 Å². The normalized spacial score (nSPS) is 14.2. The average molecular weight is 132 g/mol. The van der Waals surface area contributed by atoms with E-state index >= 15 is 0 Å². The summed E-state index contributed by atoms with van der Waals surface area (Å²) in [5, 5.41) is 3.32. The second-order valence-electron chi connectivity index (χ2n) is 2.05. The Bertz CT molecular complexity index is 49.7. The summed E-state index contributed by atoms with van der Waals surface area (Å²) in [5.74, 6) is 0. The minimum absolute atomic E-state index is 0.763. The maximum atomic E-state index is 5.28. The van der Waals surface area contributed by atoms with E-state index in [1.165, 1.54) is 16.7 Å². The Morgan fingerprint density at radius 2 is 2.38 bits per heavy atom. The first kappa shape index (κ1) is 8.14. The molecule has 1 atom stereocenters. The van der Waals surface area contributed by atoms with Gasteiger partial charge in [-0.3, -0.25) is 0 Å². The molecule has 3 heteroatoms. The molecule has 0 aromatic rings. The minimum Gasteiger partial charge on any atom is -0.329 e. The molecular weight excluding hydrogens is 116 g/mol. The van der Waals surface area contributed by atoms with Crippen molar-refractivity contribution in [1.82, 2.24) is 5.32 Å². The van der Waals surface area contributed by atoms with E-state index in [1.807, 2.05) is 0 Å². The van der Waals surface area contributed by atoms with Gasteiger partial charge in [-0.15, -0.1) is 0 Å². The molecule has 0 heterocycles. The maximum absolute atomic E-state index is 5.28. The number of rotatable bonds is 4. The second-order valence-corrected chi connectivity index (χ2v) is 3.45. The fourth-order valence-electron chi connectivity index (χ4n) is 0.474. The molecule has 0 aliphatic rings. The fourth-order valence-corrected chi connectivity index (χ4v) is 0.763. The zero-order chi connectivity index (χ0) is 6.41. The number of hydrogen-bond acceptors (Lipinski definition) is 2. The molecule has 2 nitrogen and oxygen atoms in total. The predicted molar refractivity (Wildman–Crippen MR) is 41.1 cm³/mol. The van der Waals surface area contributed by atoms with Crippen LogP contribution < -0.4 is 11.1 Å². The van der Waals surface area contributed by atoms with Crippen molar-refractivity contribution in [2.75, 3.05) is 13.1 Å². The molecule has 0 amide bonds. The molecule has 0 radical (unpaired) electrons. The van der Waals surface area contributed by atoms with Gasteiger partial charge in [0.15, 0.2) is 0 Å². The summed E-state index contributed by atoms with van der Waals surface area (Å²) in [7, 11) is 1.24.